The van der Waals surface area contributed by atoms with Crippen LogP contribution in [-0.2, 0) is 15.4 Å². The Labute approximate surface area is 88.9 Å². The lowest BCUT2D eigenvalue weighted by atomic mass is 10.3. The van der Waals surface area contributed by atoms with E-state index in [1.165, 1.54) is 12.1 Å². The van der Waals surface area contributed by atoms with Crippen molar-refractivity contribution in [3.63, 3.8) is 0 Å². The molecule has 1 N–H and O–H groups in total. The quantitative estimate of drug-likeness (QED) is 0.807. The zero-order valence-electron chi connectivity index (χ0n) is 7.65. The lowest BCUT2D eigenvalue weighted by Crippen LogP contribution is -2.27. The first kappa shape index (κ1) is 11.0. The summed E-state index contributed by atoms with van der Waals surface area (Å²) in [6.45, 7) is 0. The number of H-pyrrole nitrogens is 1. The number of alkyl halides is 2. The molecule has 1 heterocycles. The highest BCUT2D eigenvalue weighted by Crippen LogP contribution is 2.32. The molecule has 2 rings (SSSR count). The Morgan fingerprint density at radius 1 is 1.31 bits per heavy atom. The van der Waals surface area contributed by atoms with Crippen LogP contribution in [0.3, 0.4) is 0 Å². The molecule has 8 heteroatoms. The van der Waals surface area contributed by atoms with Gasteiger partial charge in [0.25, 0.3) is 0 Å². The van der Waals surface area contributed by atoms with Crippen molar-refractivity contribution < 1.29 is 21.8 Å². The SMILES string of the molecule is O=S(=O)([O-])C(F)(F)c1nc2ccccc2[nH]1. The van der Waals surface area contributed by atoms with Crippen molar-refractivity contribution in [1.29, 1.82) is 0 Å². The van der Waals surface area contributed by atoms with Crippen LogP contribution < -0.4 is 0 Å². The number of rotatable bonds is 2. The van der Waals surface area contributed by atoms with Gasteiger partial charge in [-0.1, -0.05) is 12.1 Å². The predicted molar refractivity (Wildman–Crippen MR) is 49.7 cm³/mol. The van der Waals surface area contributed by atoms with Gasteiger partial charge >= 0.3 is 5.25 Å². The molecule has 0 saturated heterocycles. The van der Waals surface area contributed by atoms with E-state index in [1.54, 1.807) is 12.1 Å². The Morgan fingerprint density at radius 3 is 2.50 bits per heavy atom. The van der Waals surface area contributed by atoms with Gasteiger partial charge in [0.15, 0.2) is 15.9 Å². The van der Waals surface area contributed by atoms with Crippen molar-refractivity contribution in [1.82, 2.24) is 9.97 Å². The van der Waals surface area contributed by atoms with Crippen LogP contribution in [0.4, 0.5) is 8.78 Å². The first-order valence-electron chi connectivity index (χ1n) is 4.11. The number of imidazole rings is 1. The van der Waals surface area contributed by atoms with Gasteiger partial charge in [-0.05, 0) is 12.1 Å². The third-order valence-electron chi connectivity index (χ3n) is 1.98. The van der Waals surface area contributed by atoms with Gasteiger partial charge in [0.2, 0.25) is 0 Å². The molecule has 86 valence electrons. The number of fused-ring (bicyclic) bond motifs is 1. The maximum atomic E-state index is 13.1. The normalized spacial score (nSPS) is 13.2. The Balaban J connectivity index is 2.65. The van der Waals surface area contributed by atoms with E-state index >= 15 is 0 Å². The molecule has 2 aromatic rings. The van der Waals surface area contributed by atoms with Crippen LogP contribution in [0.25, 0.3) is 11.0 Å². The molecule has 0 bridgehead atoms. The number of para-hydroxylation sites is 2. The van der Waals surface area contributed by atoms with E-state index in [0.29, 0.717) is 0 Å². The van der Waals surface area contributed by atoms with Crippen molar-refractivity contribution in [3.8, 4) is 0 Å². The Hall–Kier alpha value is -1.54. The first-order chi connectivity index (χ1) is 7.32. The average Bonchev–Trinajstić information content (AvgIpc) is 2.59. The topological polar surface area (TPSA) is 85.9 Å². The van der Waals surface area contributed by atoms with E-state index in [0.717, 1.165) is 0 Å². The highest BCUT2D eigenvalue weighted by atomic mass is 32.2. The third-order valence-corrected chi connectivity index (χ3v) is 2.80. The highest BCUT2D eigenvalue weighted by Gasteiger charge is 2.43. The highest BCUT2D eigenvalue weighted by molar-refractivity contribution is 7.86. The molecular weight excluding hydrogens is 242 g/mol. The summed E-state index contributed by atoms with van der Waals surface area (Å²) in [5.41, 5.74) is 0.404. The van der Waals surface area contributed by atoms with Gasteiger partial charge in [-0.2, -0.15) is 8.78 Å². The van der Waals surface area contributed by atoms with E-state index in [-0.39, 0.29) is 11.0 Å². The molecule has 0 amide bonds. The minimum Gasteiger partial charge on any atom is -0.743 e. The number of nitrogens with one attached hydrogen (secondary N) is 1. The zero-order valence-corrected chi connectivity index (χ0v) is 8.46. The van der Waals surface area contributed by atoms with Crippen molar-refractivity contribution in [3.05, 3.63) is 30.1 Å². The second-order valence-corrected chi connectivity index (χ2v) is 4.49. The molecule has 0 aliphatic heterocycles. The summed E-state index contributed by atoms with van der Waals surface area (Å²) in [6.07, 6.45) is 0. The molecule has 1 aromatic heterocycles. The lowest BCUT2D eigenvalue weighted by molar-refractivity contribution is 0.0691. The second kappa shape index (κ2) is 3.22. The first-order valence-corrected chi connectivity index (χ1v) is 5.51. The van der Waals surface area contributed by atoms with Crippen LogP contribution in [-0.4, -0.2) is 22.9 Å². The monoisotopic (exact) mass is 247 g/mol. The number of hydrogen-bond acceptors (Lipinski definition) is 4. The molecule has 0 atom stereocenters. The third kappa shape index (κ3) is 1.55. The molecule has 0 fully saturated rings. The van der Waals surface area contributed by atoms with Gasteiger partial charge in [-0.3, -0.25) is 0 Å². The number of aromatic nitrogens is 2. The number of aromatic amines is 1. The van der Waals surface area contributed by atoms with Gasteiger partial charge in [0, 0.05) is 0 Å². The molecule has 16 heavy (non-hydrogen) atoms. The summed E-state index contributed by atoms with van der Waals surface area (Å²) < 4.78 is 57.3. The van der Waals surface area contributed by atoms with Crippen LogP contribution in [0.5, 0.6) is 0 Å². The van der Waals surface area contributed by atoms with Gasteiger partial charge in [0.1, 0.15) is 0 Å². The molecule has 0 saturated carbocycles. The Kier molecular flexibility index (Phi) is 2.21. The summed E-state index contributed by atoms with van der Waals surface area (Å²) in [6, 6.07) is 5.98. The second-order valence-electron chi connectivity index (χ2n) is 3.07. The van der Waals surface area contributed by atoms with Crippen LogP contribution in [0, 0.1) is 0 Å². The smallest absolute Gasteiger partial charge is 0.391 e. The maximum Gasteiger partial charge on any atom is 0.391 e. The molecule has 0 spiro atoms. The molecule has 0 aliphatic rings. The van der Waals surface area contributed by atoms with E-state index in [4.69, 9.17) is 0 Å². The van der Waals surface area contributed by atoms with Crippen LogP contribution in [0.15, 0.2) is 24.3 Å². The van der Waals surface area contributed by atoms with Crippen LogP contribution in [0.1, 0.15) is 5.82 Å². The number of hydrogen-bond donors (Lipinski definition) is 1. The minimum absolute atomic E-state index is 0.167. The minimum atomic E-state index is -5.78. The Morgan fingerprint density at radius 2 is 1.94 bits per heavy atom. The summed E-state index contributed by atoms with van der Waals surface area (Å²) in [5.74, 6) is -1.16. The van der Waals surface area contributed by atoms with E-state index in [9.17, 15) is 21.8 Å². The fourth-order valence-corrected chi connectivity index (χ4v) is 1.54. The van der Waals surface area contributed by atoms with Crippen molar-refractivity contribution in [2.24, 2.45) is 0 Å². The van der Waals surface area contributed by atoms with Gasteiger partial charge in [-0.15, -0.1) is 0 Å². The van der Waals surface area contributed by atoms with E-state index < -0.39 is 21.2 Å². The van der Waals surface area contributed by atoms with Crippen molar-refractivity contribution in [2.75, 3.05) is 0 Å². The van der Waals surface area contributed by atoms with Crippen LogP contribution in [0.2, 0.25) is 0 Å². The summed E-state index contributed by atoms with van der Waals surface area (Å²) >= 11 is 0. The van der Waals surface area contributed by atoms with Crippen molar-refractivity contribution in [2.45, 2.75) is 5.25 Å². The predicted octanol–water partition coefficient (Wildman–Crippen LogP) is 1.16. The standard InChI is InChI=1S/C8H6F2N2O3S/c9-8(10,16(13,14)15)7-11-5-3-1-2-4-6(5)12-7/h1-4H,(H,11,12)(H,13,14,15)/p-1. The fourth-order valence-electron chi connectivity index (χ4n) is 1.21. The summed E-state index contributed by atoms with van der Waals surface area (Å²) in [7, 11) is -5.78. The average molecular weight is 247 g/mol. The number of benzene rings is 1. The number of nitrogens with zero attached hydrogens (tertiary/aromatic N) is 1. The lowest BCUT2D eigenvalue weighted by Gasteiger charge is -2.16. The maximum absolute atomic E-state index is 13.1. The zero-order chi connectivity index (χ0) is 12.0. The molecule has 0 unspecified atom stereocenters. The van der Waals surface area contributed by atoms with Gasteiger partial charge in [-0.25, -0.2) is 13.4 Å². The molecule has 0 radical (unpaired) electrons. The van der Waals surface area contributed by atoms with E-state index in [1.807, 2.05) is 0 Å². The van der Waals surface area contributed by atoms with Gasteiger partial charge < -0.3 is 9.54 Å². The van der Waals surface area contributed by atoms with E-state index in [2.05, 4.69) is 9.97 Å². The van der Waals surface area contributed by atoms with Crippen LogP contribution >= 0.6 is 0 Å². The molecule has 1 aromatic carbocycles. The summed E-state index contributed by atoms with van der Waals surface area (Å²) in [5, 5.41) is -4.55. The molecule has 0 aliphatic carbocycles. The Bertz CT molecular complexity index is 603. The molecule has 5 nitrogen and oxygen atoms in total. The largest absolute Gasteiger partial charge is 0.743 e. The summed E-state index contributed by atoms with van der Waals surface area (Å²) in [4.78, 5) is 5.47. The fraction of sp³-hybridized carbons (Fsp3) is 0.125. The van der Waals surface area contributed by atoms with Crippen molar-refractivity contribution >= 4 is 21.2 Å². The van der Waals surface area contributed by atoms with Gasteiger partial charge in [0.05, 0.1) is 11.0 Å². The number of halogens is 2. The molecular formula is C8H5F2N2O3S-.